The number of carboxylic acids is 1. The van der Waals surface area contributed by atoms with Crippen molar-refractivity contribution >= 4 is 33.3 Å². The zero-order valence-corrected chi connectivity index (χ0v) is 12.6. The molecule has 1 heterocycles. The second-order valence-corrected chi connectivity index (χ2v) is 6.93. The van der Waals surface area contributed by atoms with Crippen molar-refractivity contribution in [3.8, 4) is 0 Å². The molecule has 0 radical (unpaired) electrons. The van der Waals surface area contributed by atoms with Gasteiger partial charge in [0.15, 0.2) is 9.90 Å². The largest absolute Gasteiger partial charge is 0.480 e. The van der Waals surface area contributed by atoms with Gasteiger partial charge in [0, 0.05) is 0 Å². The number of sulfonamides is 1. The summed E-state index contributed by atoms with van der Waals surface area (Å²) in [5, 5.41) is 9.00. The van der Waals surface area contributed by atoms with E-state index in [2.05, 4.69) is 9.72 Å². The van der Waals surface area contributed by atoms with Crippen molar-refractivity contribution in [2.24, 2.45) is 5.92 Å². The van der Waals surface area contributed by atoms with Crippen LogP contribution < -0.4 is 4.72 Å². The van der Waals surface area contributed by atoms with E-state index in [1.807, 2.05) is 4.72 Å². The van der Waals surface area contributed by atoms with Crippen LogP contribution in [0.4, 0.5) is 0 Å². The lowest BCUT2D eigenvalue weighted by atomic mass is 10.1. The summed E-state index contributed by atoms with van der Waals surface area (Å²) in [4.78, 5) is 26.1. The first-order valence-electron chi connectivity index (χ1n) is 5.47. The molecular weight excluding hydrogens is 308 g/mol. The predicted molar refractivity (Wildman–Crippen MR) is 70.0 cm³/mol. The monoisotopic (exact) mass is 322 g/mol. The van der Waals surface area contributed by atoms with Crippen LogP contribution in [0.2, 0.25) is 0 Å². The molecule has 1 aromatic heterocycles. The van der Waals surface area contributed by atoms with Crippen LogP contribution in [0.3, 0.4) is 0 Å². The molecule has 8 nitrogen and oxygen atoms in total. The van der Waals surface area contributed by atoms with Crippen molar-refractivity contribution in [3.63, 3.8) is 0 Å². The number of hydrogen-bond acceptors (Lipinski definition) is 7. The van der Waals surface area contributed by atoms with Crippen LogP contribution in [-0.2, 0) is 19.6 Å². The van der Waals surface area contributed by atoms with E-state index >= 15 is 0 Å². The van der Waals surface area contributed by atoms with Gasteiger partial charge in [-0.1, -0.05) is 13.8 Å². The Morgan fingerprint density at radius 3 is 2.50 bits per heavy atom. The third-order valence-electron chi connectivity index (χ3n) is 2.37. The third-order valence-corrected chi connectivity index (χ3v) is 5.18. The first-order chi connectivity index (χ1) is 9.20. The number of nitrogens with zero attached hydrogens (tertiary/aromatic N) is 1. The minimum atomic E-state index is -4.17. The van der Waals surface area contributed by atoms with Crippen LogP contribution in [-0.4, -0.2) is 43.6 Å². The Morgan fingerprint density at radius 2 is 2.05 bits per heavy atom. The fourth-order valence-corrected chi connectivity index (χ4v) is 3.84. The molecule has 0 aliphatic carbocycles. The second kappa shape index (κ2) is 6.29. The van der Waals surface area contributed by atoms with Gasteiger partial charge in [-0.15, -0.1) is 11.3 Å². The Labute approximate surface area is 119 Å². The molecule has 0 bridgehead atoms. The van der Waals surface area contributed by atoms with Gasteiger partial charge < -0.3 is 9.84 Å². The van der Waals surface area contributed by atoms with Crippen LogP contribution in [0.5, 0.6) is 0 Å². The number of carboxylic acid groups (broad SMARTS) is 1. The molecule has 112 valence electrons. The summed E-state index contributed by atoms with van der Waals surface area (Å²) in [6.45, 7) is 3.13. The normalized spacial score (nSPS) is 13.2. The van der Waals surface area contributed by atoms with E-state index in [4.69, 9.17) is 5.11 Å². The zero-order chi connectivity index (χ0) is 15.5. The molecule has 0 saturated carbocycles. The number of aromatic nitrogens is 1. The Bertz CT molecular complexity index is 607. The van der Waals surface area contributed by atoms with Gasteiger partial charge >= 0.3 is 11.9 Å². The van der Waals surface area contributed by atoms with Gasteiger partial charge in [0.2, 0.25) is 0 Å². The maximum absolute atomic E-state index is 12.1. The van der Waals surface area contributed by atoms with E-state index in [1.165, 1.54) is 5.51 Å². The van der Waals surface area contributed by atoms with Crippen molar-refractivity contribution < 1.29 is 27.9 Å². The maximum atomic E-state index is 12.1. The van der Waals surface area contributed by atoms with E-state index < -0.39 is 33.9 Å². The highest BCUT2D eigenvalue weighted by molar-refractivity contribution is 7.91. The number of carbonyl (C=O) groups excluding carboxylic acids is 1. The van der Waals surface area contributed by atoms with Crippen LogP contribution in [0.1, 0.15) is 24.3 Å². The molecular formula is C10H14N2O6S2. The van der Waals surface area contributed by atoms with E-state index in [0.717, 1.165) is 7.11 Å². The summed E-state index contributed by atoms with van der Waals surface area (Å²) in [5.41, 5.74) is 0.810. The molecule has 1 aromatic rings. The van der Waals surface area contributed by atoms with Crippen molar-refractivity contribution in [1.82, 2.24) is 9.71 Å². The molecule has 10 heteroatoms. The van der Waals surface area contributed by atoms with Crippen molar-refractivity contribution in [3.05, 3.63) is 11.2 Å². The van der Waals surface area contributed by atoms with Crippen LogP contribution in [0.25, 0.3) is 0 Å². The molecule has 0 spiro atoms. The van der Waals surface area contributed by atoms with Crippen molar-refractivity contribution in [2.75, 3.05) is 7.11 Å². The molecule has 0 fully saturated rings. The highest BCUT2D eigenvalue weighted by Crippen LogP contribution is 2.21. The van der Waals surface area contributed by atoms with E-state index in [9.17, 15) is 18.0 Å². The summed E-state index contributed by atoms with van der Waals surface area (Å²) >= 11 is 0.710. The lowest BCUT2D eigenvalue weighted by molar-refractivity contribution is -0.140. The number of thiazole rings is 1. The molecule has 0 unspecified atom stereocenters. The van der Waals surface area contributed by atoms with Gasteiger partial charge in [0.05, 0.1) is 12.6 Å². The Hall–Kier alpha value is -1.52. The lowest BCUT2D eigenvalue weighted by Crippen LogP contribution is -2.44. The second-order valence-electron chi connectivity index (χ2n) is 4.16. The number of hydrogen-bond donors (Lipinski definition) is 2. The van der Waals surface area contributed by atoms with Crippen LogP contribution in [0.15, 0.2) is 9.72 Å². The standard InChI is InChI=1S/C10H14N2O6S2/c1-5(2)6(8(13)14)12-20(16,17)10-7(9(15)18-3)11-4-19-10/h4-6,12H,1-3H3,(H,13,14)/t6-/m0/s1. The first-order valence-corrected chi connectivity index (χ1v) is 7.84. The van der Waals surface area contributed by atoms with Crippen LogP contribution in [0, 0.1) is 5.92 Å². The third kappa shape index (κ3) is 3.52. The Morgan fingerprint density at radius 1 is 1.45 bits per heavy atom. The number of rotatable bonds is 6. The quantitative estimate of drug-likeness (QED) is 0.723. The number of methoxy groups -OCH3 is 1. The van der Waals surface area contributed by atoms with E-state index in [0.29, 0.717) is 11.3 Å². The summed E-state index contributed by atoms with van der Waals surface area (Å²) in [6.07, 6.45) is 0. The highest BCUT2D eigenvalue weighted by atomic mass is 32.2. The molecule has 2 N–H and O–H groups in total. The summed E-state index contributed by atoms with van der Waals surface area (Å²) in [6, 6.07) is -1.30. The van der Waals surface area contributed by atoms with Gasteiger partial charge in [0.1, 0.15) is 6.04 Å². The molecule has 0 saturated heterocycles. The van der Waals surface area contributed by atoms with E-state index in [1.54, 1.807) is 13.8 Å². The number of esters is 1. The maximum Gasteiger partial charge on any atom is 0.358 e. The van der Waals surface area contributed by atoms with Gasteiger partial charge in [-0.2, -0.15) is 4.72 Å². The van der Waals surface area contributed by atoms with Gasteiger partial charge in [-0.25, -0.2) is 18.2 Å². The zero-order valence-electron chi connectivity index (χ0n) is 11.0. The average molecular weight is 322 g/mol. The number of aliphatic carboxylic acids is 1. The molecule has 1 rings (SSSR count). The lowest BCUT2D eigenvalue weighted by Gasteiger charge is -2.17. The highest BCUT2D eigenvalue weighted by Gasteiger charge is 2.32. The number of nitrogens with one attached hydrogen (secondary N) is 1. The van der Waals surface area contributed by atoms with Crippen molar-refractivity contribution in [1.29, 1.82) is 0 Å². The minimum Gasteiger partial charge on any atom is -0.480 e. The number of ether oxygens (including phenoxy) is 1. The minimum absolute atomic E-state index is 0.363. The van der Waals surface area contributed by atoms with Crippen LogP contribution >= 0.6 is 11.3 Å². The average Bonchev–Trinajstić information content (AvgIpc) is 2.84. The first kappa shape index (κ1) is 16.5. The molecule has 20 heavy (non-hydrogen) atoms. The molecule has 1 atom stereocenters. The SMILES string of the molecule is COC(=O)c1ncsc1S(=O)(=O)N[C@H](C(=O)O)C(C)C. The fourth-order valence-electron chi connectivity index (χ4n) is 1.35. The predicted octanol–water partition coefficient (Wildman–Crippen LogP) is 0.317. The topological polar surface area (TPSA) is 123 Å². The number of carbonyl (C=O) groups is 2. The van der Waals surface area contributed by atoms with Gasteiger partial charge in [0.25, 0.3) is 10.0 Å². The molecule has 0 aromatic carbocycles. The summed E-state index contributed by atoms with van der Waals surface area (Å²) < 4.78 is 30.4. The van der Waals surface area contributed by atoms with Gasteiger partial charge in [-0.3, -0.25) is 4.79 Å². The molecule has 0 aliphatic rings. The Balaban J connectivity index is 3.15. The van der Waals surface area contributed by atoms with E-state index in [-0.39, 0.29) is 9.90 Å². The smallest absolute Gasteiger partial charge is 0.358 e. The summed E-state index contributed by atoms with van der Waals surface area (Å²) in [5.74, 6) is -2.66. The molecule has 0 aliphatic heterocycles. The Kier molecular flexibility index (Phi) is 5.20. The van der Waals surface area contributed by atoms with Gasteiger partial charge in [-0.05, 0) is 5.92 Å². The molecule has 0 amide bonds. The fraction of sp³-hybridized carbons (Fsp3) is 0.500. The summed E-state index contributed by atoms with van der Waals surface area (Å²) in [7, 11) is -3.07. The van der Waals surface area contributed by atoms with Crippen molar-refractivity contribution in [2.45, 2.75) is 24.1 Å².